The second-order valence-corrected chi connectivity index (χ2v) is 5.70. The van der Waals surface area contributed by atoms with Gasteiger partial charge in [-0.15, -0.1) is 0 Å². The smallest absolute Gasteiger partial charge is 0.227 e. The van der Waals surface area contributed by atoms with Crippen LogP contribution in [0, 0.1) is 6.92 Å². The van der Waals surface area contributed by atoms with E-state index in [4.69, 9.17) is 0 Å². The quantitative estimate of drug-likeness (QED) is 0.749. The second kappa shape index (κ2) is 6.92. The predicted octanol–water partition coefficient (Wildman–Crippen LogP) is 4.24. The van der Waals surface area contributed by atoms with Crippen molar-refractivity contribution in [3.8, 4) is 0 Å². The maximum Gasteiger partial charge on any atom is 0.227 e. The fourth-order valence-electron chi connectivity index (χ4n) is 3.41. The highest BCUT2D eigenvalue weighted by atomic mass is 16.2. The minimum atomic E-state index is 0.337. The highest BCUT2D eigenvalue weighted by Gasteiger charge is 2.30. The SMILES string of the molecule is CC.Cc1cccc2c1CC(=O)N(C1CCCCC1)C2. The molecule has 0 radical (unpaired) electrons. The largest absolute Gasteiger partial charge is 0.335 e. The summed E-state index contributed by atoms with van der Waals surface area (Å²) in [5.74, 6) is 0.337. The minimum absolute atomic E-state index is 0.337. The molecule has 0 bridgehead atoms. The van der Waals surface area contributed by atoms with Crippen LogP contribution >= 0.6 is 0 Å². The van der Waals surface area contributed by atoms with Crippen LogP contribution in [-0.4, -0.2) is 16.8 Å². The van der Waals surface area contributed by atoms with Gasteiger partial charge >= 0.3 is 0 Å². The van der Waals surface area contributed by atoms with Gasteiger partial charge in [0.2, 0.25) is 5.91 Å². The number of carbonyl (C=O) groups excluding carboxylic acids is 1. The molecule has 3 rings (SSSR count). The average Bonchev–Trinajstić information content (AvgIpc) is 2.51. The van der Waals surface area contributed by atoms with Crippen LogP contribution in [0.5, 0.6) is 0 Å². The summed E-state index contributed by atoms with van der Waals surface area (Å²) in [7, 11) is 0. The van der Waals surface area contributed by atoms with Crippen LogP contribution in [0.2, 0.25) is 0 Å². The number of benzene rings is 1. The van der Waals surface area contributed by atoms with E-state index in [9.17, 15) is 4.79 Å². The lowest BCUT2D eigenvalue weighted by Crippen LogP contribution is -2.44. The molecule has 0 atom stereocenters. The van der Waals surface area contributed by atoms with E-state index in [1.807, 2.05) is 13.8 Å². The van der Waals surface area contributed by atoms with Gasteiger partial charge in [0.1, 0.15) is 0 Å². The van der Waals surface area contributed by atoms with Crippen LogP contribution in [0.15, 0.2) is 18.2 Å². The molecular weight excluding hydrogens is 246 g/mol. The standard InChI is InChI=1S/C16H21NO.C2H6/c1-12-6-5-7-13-11-17(16(18)10-15(12)13)14-8-3-2-4-9-14;1-2/h5-7,14H,2-4,8-11H2,1H3;1-2H3. The first kappa shape index (κ1) is 15.1. The summed E-state index contributed by atoms with van der Waals surface area (Å²) in [6.45, 7) is 6.95. The fraction of sp³-hybridized carbons (Fsp3) is 0.611. The predicted molar refractivity (Wildman–Crippen MR) is 83.7 cm³/mol. The summed E-state index contributed by atoms with van der Waals surface area (Å²) in [6.07, 6.45) is 6.93. The molecule has 0 spiro atoms. The summed E-state index contributed by atoms with van der Waals surface area (Å²) >= 11 is 0. The molecule has 2 aliphatic rings. The summed E-state index contributed by atoms with van der Waals surface area (Å²) in [5, 5.41) is 0. The zero-order valence-electron chi connectivity index (χ0n) is 13.1. The Hall–Kier alpha value is -1.31. The van der Waals surface area contributed by atoms with Gasteiger partial charge in [-0.1, -0.05) is 51.3 Å². The summed E-state index contributed by atoms with van der Waals surface area (Å²) in [4.78, 5) is 14.5. The lowest BCUT2D eigenvalue weighted by Gasteiger charge is -2.38. The molecule has 0 unspecified atom stereocenters. The molecule has 1 aliphatic carbocycles. The number of amides is 1. The fourth-order valence-corrected chi connectivity index (χ4v) is 3.41. The number of aryl methyl sites for hydroxylation is 1. The molecule has 0 aromatic heterocycles. The van der Waals surface area contributed by atoms with Crippen molar-refractivity contribution in [3.63, 3.8) is 0 Å². The van der Waals surface area contributed by atoms with E-state index in [0.29, 0.717) is 18.4 Å². The van der Waals surface area contributed by atoms with E-state index >= 15 is 0 Å². The third-order valence-corrected chi connectivity index (χ3v) is 4.51. The van der Waals surface area contributed by atoms with Crippen LogP contribution in [0.25, 0.3) is 0 Å². The van der Waals surface area contributed by atoms with Gasteiger partial charge in [0.15, 0.2) is 0 Å². The Balaban J connectivity index is 0.000000704. The van der Waals surface area contributed by atoms with E-state index in [1.54, 1.807) is 0 Å². The zero-order chi connectivity index (χ0) is 14.5. The molecule has 0 saturated heterocycles. The van der Waals surface area contributed by atoms with Crippen molar-refractivity contribution in [3.05, 3.63) is 34.9 Å². The zero-order valence-corrected chi connectivity index (χ0v) is 13.1. The van der Waals surface area contributed by atoms with E-state index < -0.39 is 0 Å². The van der Waals surface area contributed by atoms with Crippen molar-refractivity contribution in [2.24, 2.45) is 0 Å². The van der Waals surface area contributed by atoms with E-state index in [-0.39, 0.29) is 0 Å². The molecule has 1 aromatic carbocycles. The van der Waals surface area contributed by atoms with Gasteiger partial charge in [0, 0.05) is 12.6 Å². The van der Waals surface area contributed by atoms with Crippen molar-refractivity contribution in [1.29, 1.82) is 0 Å². The lowest BCUT2D eigenvalue weighted by molar-refractivity contribution is -0.135. The second-order valence-electron chi connectivity index (χ2n) is 5.70. The van der Waals surface area contributed by atoms with Crippen molar-refractivity contribution < 1.29 is 4.79 Å². The summed E-state index contributed by atoms with van der Waals surface area (Å²) < 4.78 is 0. The molecule has 1 saturated carbocycles. The Labute approximate surface area is 123 Å². The summed E-state index contributed by atoms with van der Waals surface area (Å²) in [5.41, 5.74) is 3.90. The van der Waals surface area contributed by atoms with Crippen LogP contribution in [0.3, 0.4) is 0 Å². The number of carbonyl (C=O) groups is 1. The minimum Gasteiger partial charge on any atom is -0.335 e. The molecule has 2 nitrogen and oxygen atoms in total. The van der Waals surface area contributed by atoms with Gasteiger partial charge < -0.3 is 4.90 Å². The third kappa shape index (κ3) is 3.05. The van der Waals surface area contributed by atoms with Crippen molar-refractivity contribution in [2.45, 2.75) is 71.9 Å². The van der Waals surface area contributed by atoms with Crippen molar-refractivity contribution in [1.82, 2.24) is 4.90 Å². The number of hydrogen-bond donors (Lipinski definition) is 0. The molecule has 0 N–H and O–H groups in total. The lowest BCUT2D eigenvalue weighted by atomic mass is 9.89. The Morgan fingerprint density at radius 3 is 2.50 bits per heavy atom. The van der Waals surface area contributed by atoms with E-state index in [0.717, 1.165) is 6.54 Å². The van der Waals surface area contributed by atoms with Gasteiger partial charge in [-0.2, -0.15) is 0 Å². The van der Waals surface area contributed by atoms with E-state index in [2.05, 4.69) is 30.0 Å². The highest BCUT2D eigenvalue weighted by molar-refractivity contribution is 5.81. The monoisotopic (exact) mass is 273 g/mol. The maximum atomic E-state index is 12.3. The van der Waals surface area contributed by atoms with Gasteiger partial charge in [-0.05, 0) is 36.5 Å². The Morgan fingerprint density at radius 2 is 1.80 bits per heavy atom. The van der Waals surface area contributed by atoms with Crippen LogP contribution in [0.4, 0.5) is 0 Å². The first-order chi connectivity index (χ1) is 9.75. The number of nitrogens with zero attached hydrogens (tertiary/aromatic N) is 1. The first-order valence-electron chi connectivity index (χ1n) is 8.12. The Kier molecular flexibility index (Phi) is 5.22. The normalized spacial score (nSPS) is 19.1. The molecular formula is C18H27NO. The van der Waals surface area contributed by atoms with E-state index in [1.165, 1.54) is 48.8 Å². The first-order valence-corrected chi connectivity index (χ1v) is 8.12. The van der Waals surface area contributed by atoms with Gasteiger partial charge in [0.05, 0.1) is 6.42 Å². The molecule has 2 heteroatoms. The molecule has 1 fully saturated rings. The Morgan fingerprint density at radius 1 is 1.10 bits per heavy atom. The maximum absolute atomic E-state index is 12.3. The molecule has 1 amide bonds. The Bertz CT molecular complexity index is 460. The highest BCUT2D eigenvalue weighted by Crippen LogP contribution is 2.29. The molecule has 1 aliphatic heterocycles. The van der Waals surface area contributed by atoms with Gasteiger partial charge in [0.25, 0.3) is 0 Å². The van der Waals surface area contributed by atoms with Crippen LogP contribution < -0.4 is 0 Å². The molecule has 20 heavy (non-hydrogen) atoms. The van der Waals surface area contributed by atoms with Gasteiger partial charge in [-0.25, -0.2) is 0 Å². The number of rotatable bonds is 1. The van der Waals surface area contributed by atoms with Crippen molar-refractivity contribution >= 4 is 5.91 Å². The molecule has 110 valence electrons. The van der Waals surface area contributed by atoms with Crippen LogP contribution in [0.1, 0.15) is 62.6 Å². The van der Waals surface area contributed by atoms with Gasteiger partial charge in [-0.3, -0.25) is 4.79 Å². The molecule has 1 aromatic rings. The number of fused-ring (bicyclic) bond motifs is 1. The number of hydrogen-bond acceptors (Lipinski definition) is 1. The van der Waals surface area contributed by atoms with Crippen LogP contribution in [-0.2, 0) is 17.8 Å². The third-order valence-electron chi connectivity index (χ3n) is 4.51. The van der Waals surface area contributed by atoms with Crippen molar-refractivity contribution in [2.75, 3.05) is 0 Å². The summed E-state index contributed by atoms with van der Waals surface area (Å²) in [6, 6.07) is 6.91. The molecule has 1 heterocycles. The topological polar surface area (TPSA) is 20.3 Å². The average molecular weight is 273 g/mol.